The average Bonchev–Trinajstić information content (AvgIpc) is 2.65. The number of carbonyl (C=O) groups excluding carboxylic acids is 1. The van der Waals surface area contributed by atoms with Gasteiger partial charge in [-0.2, -0.15) is 0 Å². The zero-order valence-corrected chi connectivity index (χ0v) is 12.7. The van der Waals surface area contributed by atoms with Crippen LogP contribution < -0.4 is 10.6 Å². The van der Waals surface area contributed by atoms with Crippen LogP contribution in [0.1, 0.15) is 65.2 Å². The number of aliphatic carboxylic acids is 1. The van der Waals surface area contributed by atoms with Crippen LogP contribution >= 0.6 is 0 Å². The second kappa shape index (κ2) is 8.25. The third-order valence-electron chi connectivity index (χ3n) is 4.08. The summed E-state index contributed by atoms with van der Waals surface area (Å²) in [6.07, 6.45) is 8.19. The maximum atomic E-state index is 11.9. The molecule has 0 radical (unpaired) electrons. The monoisotopic (exact) mass is 284 g/mol. The number of nitrogens with one attached hydrogen (secondary N) is 2. The average molecular weight is 284 g/mol. The normalized spacial score (nSPS) is 19.9. The van der Waals surface area contributed by atoms with E-state index in [9.17, 15) is 14.7 Å². The molecule has 116 valence electrons. The Morgan fingerprint density at radius 1 is 1.20 bits per heavy atom. The molecule has 5 nitrogen and oxygen atoms in total. The highest BCUT2D eigenvalue weighted by molar-refractivity contribution is 5.82. The molecule has 1 aliphatic rings. The molecule has 0 bridgehead atoms. The van der Waals surface area contributed by atoms with Crippen LogP contribution in [-0.4, -0.2) is 35.1 Å². The highest BCUT2D eigenvalue weighted by Crippen LogP contribution is 2.17. The SMILES string of the molecule is CCCC(C)(NCC(=O)NC1CCCCCC1)C(=O)O. The summed E-state index contributed by atoms with van der Waals surface area (Å²) in [4.78, 5) is 23.2. The van der Waals surface area contributed by atoms with Crippen LogP contribution in [0, 0.1) is 0 Å². The zero-order chi connectivity index (χ0) is 15.0. The lowest BCUT2D eigenvalue weighted by atomic mass is 9.96. The Bertz CT molecular complexity index is 325. The van der Waals surface area contributed by atoms with Crippen LogP contribution in [0.15, 0.2) is 0 Å². The molecule has 0 aliphatic heterocycles. The summed E-state index contributed by atoms with van der Waals surface area (Å²) in [6.45, 7) is 3.64. The Hall–Kier alpha value is -1.10. The molecule has 0 aromatic rings. The first-order valence-electron chi connectivity index (χ1n) is 7.75. The largest absolute Gasteiger partial charge is 0.480 e. The molecular weight excluding hydrogens is 256 g/mol. The molecule has 1 saturated carbocycles. The van der Waals surface area contributed by atoms with Crippen molar-refractivity contribution >= 4 is 11.9 Å². The van der Waals surface area contributed by atoms with Crippen molar-refractivity contribution in [2.24, 2.45) is 0 Å². The van der Waals surface area contributed by atoms with E-state index in [0.29, 0.717) is 6.42 Å². The maximum absolute atomic E-state index is 11.9. The van der Waals surface area contributed by atoms with Crippen molar-refractivity contribution in [2.45, 2.75) is 76.8 Å². The number of hydrogen-bond acceptors (Lipinski definition) is 3. The fourth-order valence-corrected chi connectivity index (χ4v) is 2.75. The third-order valence-corrected chi connectivity index (χ3v) is 4.08. The van der Waals surface area contributed by atoms with Crippen molar-refractivity contribution in [3.63, 3.8) is 0 Å². The molecule has 1 fully saturated rings. The summed E-state index contributed by atoms with van der Waals surface area (Å²) < 4.78 is 0. The van der Waals surface area contributed by atoms with Crippen molar-refractivity contribution in [3.8, 4) is 0 Å². The van der Waals surface area contributed by atoms with Crippen molar-refractivity contribution in [1.82, 2.24) is 10.6 Å². The number of rotatable bonds is 7. The van der Waals surface area contributed by atoms with E-state index in [2.05, 4.69) is 10.6 Å². The van der Waals surface area contributed by atoms with Crippen molar-refractivity contribution in [1.29, 1.82) is 0 Å². The molecule has 1 aliphatic carbocycles. The number of amides is 1. The second-order valence-corrected chi connectivity index (χ2v) is 6.00. The summed E-state index contributed by atoms with van der Waals surface area (Å²) in [5.74, 6) is -0.998. The van der Waals surface area contributed by atoms with Gasteiger partial charge in [0.2, 0.25) is 5.91 Å². The second-order valence-electron chi connectivity index (χ2n) is 6.00. The first kappa shape index (κ1) is 17.0. The fraction of sp³-hybridized carbons (Fsp3) is 0.867. The van der Waals surface area contributed by atoms with Gasteiger partial charge in [0.25, 0.3) is 0 Å². The lowest BCUT2D eigenvalue weighted by molar-refractivity contribution is -0.144. The third kappa shape index (κ3) is 5.49. The van der Waals surface area contributed by atoms with E-state index in [1.54, 1.807) is 6.92 Å². The van der Waals surface area contributed by atoms with Gasteiger partial charge in [-0.25, -0.2) is 0 Å². The van der Waals surface area contributed by atoms with Gasteiger partial charge in [0.15, 0.2) is 0 Å². The lowest BCUT2D eigenvalue weighted by Gasteiger charge is -2.26. The molecule has 1 amide bonds. The van der Waals surface area contributed by atoms with Crippen LogP contribution in [-0.2, 0) is 9.59 Å². The van der Waals surface area contributed by atoms with Gasteiger partial charge in [-0.1, -0.05) is 39.0 Å². The molecule has 1 atom stereocenters. The van der Waals surface area contributed by atoms with E-state index in [0.717, 1.165) is 19.3 Å². The predicted octanol–water partition coefficient (Wildman–Crippen LogP) is 2.06. The molecule has 0 heterocycles. The smallest absolute Gasteiger partial charge is 0.323 e. The van der Waals surface area contributed by atoms with Gasteiger partial charge in [-0.05, 0) is 26.2 Å². The Morgan fingerprint density at radius 2 is 1.80 bits per heavy atom. The molecule has 0 spiro atoms. The summed E-state index contributed by atoms with van der Waals surface area (Å²) in [5, 5.41) is 15.1. The van der Waals surface area contributed by atoms with Gasteiger partial charge in [-0.3, -0.25) is 14.9 Å². The number of carbonyl (C=O) groups is 2. The van der Waals surface area contributed by atoms with Gasteiger partial charge in [0, 0.05) is 6.04 Å². The van der Waals surface area contributed by atoms with Crippen LogP contribution in [0.25, 0.3) is 0 Å². The van der Waals surface area contributed by atoms with E-state index in [4.69, 9.17) is 0 Å². The summed E-state index contributed by atoms with van der Waals surface area (Å²) in [6, 6.07) is 0.258. The lowest BCUT2D eigenvalue weighted by Crippen LogP contribution is -2.53. The van der Waals surface area contributed by atoms with E-state index in [-0.39, 0.29) is 18.5 Å². The van der Waals surface area contributed by atoms with Crippen LogP contribution in [0.4, 0.5) is 0 Å². The minimum absolute atomic E-state index is 0.0688. The maximum Gasteiger partial charge on any atom is 0.323 e. The molecule has 3 N–H and O–H groups in total. The molecule has 0 aromatic heterocycles. The van der Waals surface area contributed by atoms with Crippen LogP contribution in [0.2, 0.25) is 0 Å². The molecule has 20 heavy (non-hydrogen) atoms. The number of hydrogen-bond donors (Lipinski definition) is 3. The molecular formula is C15H28N2O3. The minimum atomic E-state index is -1.02. The van der Waals surface area contributed by atoms with Gasteiger partial charge in [0.05, 0.1) is 6.54 Å². The molecule has 0 saturated heterocycles. The topological polar surface area (TPSA) is 78.4 Å². The van der Waals surface area contributed by atoms with E-state index in [1.807, 2.05) is 6.92 Å². The van der Waals surface area contributed by atoms with Gasteiger partial charge >= 0.3 is 5.97 Å². The van der Waals surface area contributed by atoms with E-state index < -0.39 is 11.5 Å². The fourth-order valence-electron chi connectivity index (χ4n) is 2.75. The summed E-state index contributed by atoms with van der Waals surface area (Å²) >= 11 is 0. The van der Waals surface area contributed by atoms with E-state index >= 15 is 0 Å². The minimum Gasteiger partial charge on any atom is -0.480 e. The molecule has 1 unspecified atom stereocenters. The predicted molar refractivity (Wildman–Crippen MR) is 78.6 cm³/mol. The summed E-state index contributed by atoms with van der Waals surface area (Å²) in [5.41, 5.74) is -1.02. The highest BCUT2D eigenvalue weighted by atomic mass is 16.4. The molecule has 1 rings (SSSR count). The number of carboxylic acid groups (broad SMARTS) is 1. The van der Waals surface area contributed by atoms with Crippen LogP contribution in [0.3, 0.4) is 0 Å². The van der Waals surface area contributed by atoms with Gasteiger partial charge in [-0.15, -0.1) is 0 Å². The van der Waals surface area contributed by atoms with Crippen molar-refractivity contribution in [2.75, 3.05) is 6.54 Å². The Balaban J connectivity index is 2.39. The first-order valence-corrected chi connectivity index (χ1v) is 7.75. The quantitative estimate of drug-likeness (QED) is 0.625. The summed E-state index contributed by atoms with van der Waals surface area (Å²) in [7, 11) is 0. The highest BCUT2D eigenvalue weighted by Gasteiger charge is 2.32. The van der Waals surface area contributed by atoms with Crippen molar-refractivity contribution in [3.05, 3.63) is 0 Å². The van der Waals surface area contributed by atoms with Crippen molar-refractivity contribution < 1.29 is 14.7 Å². The Labute approximate surface area is 121 Å². The molecule has 5 heteroatoms. The van der Waals surface area contributed by atoms with Gasteiger partial charge < -0.3 is 10.4 Å². The van der Waals surface area contributed by atoms with Gasteiger partial charge in [0.1, 0.15) is 5.54 Å². The number of carboxylic acids is 1. The standard InChI is InChI=1S/C15H28N2O3/c1-3-10-15(2,14(19)20)16-11-13(18)17-12-8-6-4-5-7-9-12/h12,16H,3-11H2,1-2H3,(H,17,18)(H,19,20). The van der Waals surface area contributed by atoms with E-state index in [1.165, 1.54) is 25.7 Å². The first-order chi connectivity index (χ1) is 9.48. The zero-order valence-electron chi connectivity index (χ0n) is 12.7. The van der Waals surface area contributed by atoms with Crippen LogP contribution in [0.5, 0.6) is 0 Å². The Morgan fingerprint density at radius 3 is 2.30 bits per heavy atom. The Kier molecular flexibility index (Phi) is 6.99. The molecule has 0 aromatic carbocycles.